The van der Waals surface area contributed by atoms with Crippen LogP contribution in [0.5, 0.6) is 0 Å². The van der Waals surface area contributed by atoms with E-state index in [-0.39, 0.29) is 10.9 Å². The Bertz CT molecular complexity index is 888. The minimum atomic E-state index is -3.44. The van der Waals surface area contributed by atoms with Crippen LogP contribution in [0.25, 0.3) is 0 Å². The van der Waals surface area contributed by atoms with Crippen LogP contribution < -0.4 is 10.6 Å². The molecule has 7 nitrogen and oxygen atoms in total. The lowest BCUT2D eigenvalue weighted by Gasteiger charge is -2.15. The van der Waals surface area contributed by atoms with Crippen molar-refractivity contribution in [2.45, 2.75) is 50.1 Å². The largest absolute Gasteiger partial charge is 0.322 e. The van der Waals surface area contributed by atoms with Crippen molar-refractivity contribution in [1.82, 2.24) is 20.5 Å². The predicted octanol–water partition coefficient (Wildman–Crippen LogP) is 1.91. The number of sulfone groups is 1. The fourth-order valence-electron chi connectivity index (χ4n) is 4.06. The highest BCUT2D eigenvalue weighted by atomic mass is 32.2. The molecule has 0 aliphatic heterocycles. The van der Waals surface area contributed by atoms with Crippen molar-refractivity contribution < 1.29 is 8.42 Å². The molecule has 140 valence electrons. The quantitative estimate of drug-likeness (QED) is 0.639. The Morgan fingerprint density at radius 2 is 1.81 bits per heavy atom. The van der Waals surface area contributed by atoms with E-state index in [2.05, 4.69) is 31.9 Å². The molecule has 2 aliphatic rings. The van der Waals surface area contributed by atoms with Crippen LogP contribution in [-0.4, -0.2) is 42.9 Å². The van der Waals surface area contributed by atoms with Crippen LogP contribution in [-0.2, 0) is 35.5 Å². The molecule has 0 unspecified atom stereocenters. The summed E-state index contributed by atoms with van der Waals surface area (Å²) in [6.45, 7) is 0.654. The van der Waals surface area contributed by atoms with E-state index in [1.54, 1.807) is 7.05 Å². The molecule has 1 aromatic heterocycles. The Kier molecular flexibility index (Phi) is 4.71. The van der Waals surface area contributed by atoms with Gasteiger partial charge in [-0.3, -0.25) is 0 Å². The van der Waals surface area contributed by atoms with Crippen molar-refractivity contribution in [1.29, 1.82) is 0 Å². The normalized spacial score (nSPS) is 15.9. The van der Waals surface area contributed by atoms with Gasteiger partial charge >= 0.3 is 0 Å². The van der Waals surface area contributed by atoms with Gasteiger partial charge in [0.2, 0.25) is 20.9 Å². The summed E-state index contributed by atoms with van der Waals surface area (Å²) < 4.78 is 24.7. The van der Waals surface area contributed by atoms with Crippen LogP contribution >= 0.6 is 0 Å². The zero-order valence-electron chi connectivity index (χ0n) is 15.1. The van der Waals surface area contributed by atoms with Gasteiger partial charge in [-0.2, -0.15) is 4.98 Å². The highest BCUT2D eigenvalue weighted by Gasteiger charge is 2.25. The molecule has 3 N–H and O–H groups in total. The van der Waals surface area contributed by atoms with E-state index in [0.29, 0.717) is 18.9 Å². The first-order valence-electron chi connectivity index (χ1n) is 9.32. The van der Waals surface area contributed by atoms with Gasteiger partial charge in [0.15, 0.2) is 0 Å². The van der Waals surface area contributed by atoms with Gasteiger partial charge in [-0.25, -0.2) is 13.5 Å². The molecule has 26 heavy (non-hydrogen) atoms. The highest BCUT2D eigenvalue weighted by Crippen LogP contribution is 2.39. The lowest BCUT2D eigenvalue weighted by molar-refractivity contribution is 0.583. The molecule has 0 bridgehead atoms. The number of nitrogens with one attached hydrogen (secondary N) is 3. The maximum atomic E-state index is 12.4. The van der Waals surface area contributed by atoms with E-state index in [1.165, 1.54) is 35.1 Å². The minimum Gasteiger partial charge on any atom is -0.322 e. The highest BCUT2D eigenvalue weighted by molar-refractivity contribution is 7.91. The molecule has 0 saturated carbocycles. The molecule has 0 atom stereocenters. The first-order valence-corrected chi connectivity index (χ1v) is 11.0. The van der Waals surface area contributed by atoms with Gasteiger partial charge in [0.25, 0.3) is 0 Å². The first kappa shape index (κ1) is 17.5. The number of aromatic amines is 1. The van der Waals surface area contributed by atoms with Gasteiger partial charge < -0.3 is 10.6 Å². The third-order valence-corrected chi connectivity index (χ3v) is 6.91. The smallest absolute Gasteiger partial charge is 0.247 e. The van der Waals surface area contributed by atoms with Crippen LogP contribution in [0.15, 0.2) is 11.2 Å². The van der Waals surface area contributed by atoms with E-state index in [4.69, 9.17) is 0 Å². The standard InChI is InChI=1S/C18H25N5O2S/c1-19-9-4-10-26(24,25)18-21-17(22-23-18)20-16-14-7-2-5-12(14)11-13-6-3-8-15(13)16/h11,19H,2-10H2,1H3,(H2,20,21,22,23). The molecule has 1 heterocycles. The molecule has 0 spiro atoms. The summed E-state index contributed by atoms with van der Waals surface area (Å²) >= 11 is 0. The molecular weight excluding hydrogens is 350 g/mol. The Morgan fingerprint density at radius 3 is 2.46 bits per heavy atom. The third-order valence-electron chi connectivity index (χ3n) is 5.31. The van der Waals surface area contributed by atoms with Crippen molar-refractivity contribution in [2.24, 2.45) is 0 Å². The topological polar surface area (TPSA) is 99.8 Å². The SMILES string of the molecule is CNCCCS(=O)(=O)c1nc(Nc2c3c(cc4c2CCC4)CCC3)n[nH]1. The van der Waals surface area contributed by atoms with Crippen LogP contribution in [0.2, 0.25) is 0 Å². The predicted molar refractivity (Wildman–Crippen MR) is 101 cm³/mol. The van der Waals surface area contributed by atoms with Crippen LogP contribution in [0.4, 0.5) is 11.6 Å². The second-order valence-electron chi connectivity index (χ2n) is 7.10. The maximum Gasteiger partial charge on any atom is 0.247 e. The summed E-state index contributed by atoms with van der Waals surface area (Å²) in [6, 6.07) is 2.37. The lowest BCUT2D eigenvalue weighted by Crippen LogP contribution is -2.15. The fraction of sp³-hybridized carbons (Fsp3) is 0.556. The molecule has 8 heteroatoms. The number of anilines is 2. The van der Waals surface area contributed by atoms with Gasteiger partial charge in [0.05, 0.1) is 5.75 Å². The summed E-state index contributed by atoms with van der Waals surface area (Å²) in [4.78, 5) is 4.22. The van der Waals surface area contributed by atoms with Gasteiger partial charge in [0, 0.05) is 5.69 Å². The molecular formula is C18H25N5O2S. The molecule has 1 aromatic carbocycles. The van der Waals surface area contributed by atoms with Gasteiger partial charge in [-0.1, -0.05) is 6.07 Å². The second-order valence-corrected chi connectivity index (χ2v) is 9.12. The van der Waals surface area contributed by atoms with Crippen molar-refractivity contribution in [3.8, 4) is 0 Å². The number of fused-ring (bicyclic) bond motifs is 2. The molecule has 0 radical (unpaired) electrons. The minimum absolute atomic E-state index is 0.0542. The Hall–Kier alpha value is -1.93. The number of hydrogen-bond acceptors (Lipinski definition) is 6. The maximum absolute atomic E-state index is 12.4. The van der Waals surface area contributed by atoms with E-state index in [0.717, 1.165) is 31.4 Å². The third kappa shape index (κ3) is 3.23. The fourth-order valence-corrected chi connectivity index (χ4v) is 5.18. The number of aromatic nitrogens is 3. The van der Waals surface area contributed by atoms with E-state index < -0.39 is 9.84 Å². The lowest BCUT2D eigenvalue weighted by atomic mass is 9.99. The number of rotatable bonds is 7. The van der Waals surface area contributed by atoms with Crippen molar-refractivity contribution in [3.63, 3.8) is 0 Å². The zero-order chi connectivity index (χ0) is 18.1. The first-order chi connectivity index (χ1) is 12.6. The van der Waals surface area contributed by atoms with E-state index in [9.17, 15) is 8.42 Å². The van der Waals surface area contributed by atoms with E-state index >= 15 is 0 Å². The molecule has 4 rings (SSSR count). The Labute approximate surface area is 153 Å². The molecule has 0 saturated heterocycles. The summed E-state index contributed by atoms with van der Waals surface area (Å²) in [5.74, 6) is 0.394. The van der Waals surface area contributed by atoms with Crippen molar-refractivity contribution >= 4 is 21.5 Å². The van der Waals surface area contributed by atoms with Crippen LogP contribution in [0, 0.1) is 0 Å². The molecule has 0 amide bonds. The van der Waals surface area contributed by atoms with Crippen molar-refractivity contribution in [2.75, 3.05) is 24.7 Å². The van der Waals surface area contributed by atoms with Gasteiger partial charge in [0.1, 0.15) is 0 Å². The summed E-state index contributed by atoms with van der Waals surface area (Å²) in [7, 11) is -1.63. The monoisotopic (exact) mass is 375 g/mol. The van der Waals surface area contributed by atoms with Gasteiger partial charge in [-0.05, 0) is 80.8 Å². The average molecular weight is 375 g/mol. The number of H-pyrrole nitrogens is 1. The summed E-state index contributed by atoms with van der Waals surface area (Å²) in [5, 5.41) is 12.9. The Balaban J connectivity index is 1.59. The number of nitrogens with zero attached hydrogens (tertiary/aromatic N) is 2. The van der Waals surface area contributed by atoms with Crippen molar-refractivity contribution in [3.05, 3.63) is 28.3 Å². The number of benzene rings is 1. The van der Waals surface area contributed by atoms with Crippen LogP contribution in [0.3, 0.4) is 0 Å². The second kappa shape index (κ2) is 7.00. The van der Waals surface area contributed by atoms with E-state index in [1.807, 2.05) is 0 Å². The number of aryl methyl sites for hydroxylation is 2. The molecule has 2 aliphatic carbocycles. The Morgan fingerprint density at radius 1 is 1.12 bits per heavy atom. The van der Waals surface area contributed by atoms with Crippen LogP contribution in [0.1, 0.15) is 41.5 Å². The molecule has 0 fully saturated rings. The average Bonchev–Trinajstić information content (AvgIpc) is 3.34. The zero-order valence-corrected chi connectivity index (χ0v) is 15.9. The van der Waals surface area contributed by atoms with Gasteiger partial charge in [-0.15, -0.1) is 5.10 Å². The molecule has 2 aromatic rings. The number of hydrogen-bond donors (Lipinski definition) is 3. The summed E-state index contributed by atoms with van der Waals surface area (Å²) in [6.07, 6.45) is 7.25. The summed E-state index contributed by atoms with van der Waals surface area (Å²) in [5.41, 5.74) is 6.67.